The van der Waals surface area contributed by atoms with E-state index in [2.05, 4.69) is 5.32 Å². The van der Waals surface area contributed by atoms with Gasteiger partial charge in [0, 0.05) is 17.2 Å². The van der Waals surface area contributed by atoms with Gasteiger partial charge < -0.3 is 10.1 Å². The largest absolute Gasteiger partial charge is 0.383 e. The Kier molecular flexibility index (Phi) is 5.40. The van der Waals surface area contributed by atoms with E-state index >= 15 is 0 Å². The third kappa shape index (κ3) is 3.65. The Morgan fingerprint density at radius 2 is 2.13 bits per heavy atom. The average molecular weight is 248 g/mol. The lowest BCUT2D eigenvalue weighted by atomic mass is 10.1. The van der Waals surface area contributed by atoms with Crippen molar-refractivity contribution in [3.05, 3.63) is 33.8 Å². The van der Waals surface area contributed by atoms with Crippen LogP contribution in [-0.2, 0) is 4.74 Å². The third-order valence-electron chi connectivity index (χ3n) is 2.12. The maximum absolute atomic E-state index is 6.11. The topological polar surface area (TPSA) is 21.3 Å². The van der Waals surface area contributed by atoms with Gasteiger partial charge in [-0.2, -0.15) is 0 Å². The summed E-state index contributed by atoms with van der Waals surface area (Å²) in [6.07, 6.45) is 0. The van der Waals surface area contributed by atoms with Crippen LogP contribution < -0.4 is 5.32 Å². The fourth-order valence-corrected chi connectivity index (χ4v) is 1.88. The van der Waals surface area contributed by atoms with Crippen LogP contribution in [0.4, 0.5) is 0 Å². The van der Waals surface area contributed by atoms with Gasteiger partial charge >= 0.3 is 0 Å². The first-order valence-corrected chi connectivity index (χ1v) is 5.62. The van der Waals surface area contributed by atoms with Crippen LogP contribution in [-0.4, -0.2) is 20.3 Å². The molecule has 2 nitrogen and oxygen atoms in total. The van der Waals surface area contributed by atoms with Crippen molar-refractivity contribution >= 4 is 23.2 Å². The predicted octanol–water partition coefficient (Wildman–Crippen LogP) is 3.29. The molecule has 1 rings (SSSR count). The predicted molar refractivity (Wildman–Crippen MR) is 64.8 cm³/mol. The van der Waals surface area contributed by atoms with Crippen LogP contribution >= 0.6 is 23.2 Å². The molecule has 0 spiro atoms. The molecule has 1 aromatic carbocycles. The van der Waals surface area contributed by atoms with Crippen LogP contribution in [0.2, 0.25) is 10.0 Å². The van der Waals surface area contributed by atoms with Crippen molar-refractivity contribution in [2.24, 2.45) is 0 Å². The SMILES string of the molecule is CCNC(COC)c1cc(Cl)ccc1Cl. The molecule has 0 bridgehead atoms. The molecule has 0 heterocycles. The number of hydrogen-bond acceptors (Lipinski definition) is 2. The van der Waals surface area contributed by atoms with Crippen molar-refractivity contribution in [2.75, 3.05) is 20.3 Å². The lowest BCUT2D eigenvalue weighted by Gasteiger charge is -2.18. The van der Waals surface area contributed by atoms with Crippen molar-refractivity contribution in [1.82, 2.24) is 5.32 Å². The van der Waals surface area contributed by atoms with Crippen molar-refractivity contribution in [3.63, 3.8) is 0 Å². The Balaban J connectivity index is 2.93. The molecule has 0 radical (unpaired) electrons. The van der Waals surface area contributed by atoms with Gasteiger partial charge in [0.25, 0.3) is 0 Å². The summed E-state index contributed by atoms with van der Waals surface area (Å²) >= 11 is 12.0. The molecule has 0 saturated carbocycles. The van der Waals surface area contributed by atoms with Crippen LogP contribution in [0.1, 0.15) is 18.5 Å². The summed E-state index contributed by atoms with van der Waals surface area (Å²) in [5, 5.41) is 4.70. The normalized spacial score (nSPS) is 12.8. The molecule has 1 atom stereocenters. The quantitative estimate of drug-likeness (QED) is 0.863. The van der Waals surface area contributed by atoms with Crippen molar-refractivity contribution in [1.29, 1.82) is 0 Å². The van der Waals surface area contributed by atoms with Crippen LogP contribution in [0.25, 0.3) is 0 Å². The van der Waals surface area contributed by atoms with Crippen molar-refractivity contribution in [3.8, 4) is 0 Å². The van der Waals surface area contributed by atoms with Gasteiger partial charge in [0.2, 0.25) is 0 Å². The number of hydrogen-bond donors (Lipinski definition) is 1. The molecule has 0 fully saturated rings. The molecule has 1 N–H and O–H groups in total. The van der Waals surface area contributed by atoms with Gasteiger partial charge in [-0.3, -0.25) is 0 Å². The summed E-state index contributed by atoms with van der Waals surface area (Å²) in [6.45, 7) is 3.48. The summed E-state index contributed by atoms with van der Waals surface area (Å²) in [7, 11) is 1.67. The lowest BCUT2D eigenvalue weighted by molar-refractivity contribution is 0.168. The third-order valence-corrected chi connectivity index (χ3v) is 2.70. The van der Waals surface area contributed by atoms with Crippen molar-refractivity contribution in [2.45, 2.75) is 13.0 Å². The maximum atomic E-state index is 6.11. The molecule has 84 valence electrons. The fraction of sp³-hybridized carbons (Fsp3) is 0.455. The van der Waals surface area contributed by atoms with E-state index in [4.69, 9.17) is 27.9 Å². The van der Waals surface area contributed by atoms with E-state index in [9.17, 15) is 0 Å². The van der Waals surface area contributed by atoms with E-state index in [-0.39, 0.29) is 6.04 Å². The van der Waals surface area contributed by atoms with Gasteiger partial charge in [-0.15, -0.1) is 0 Å². The molecule has 1 unspecified atom stereocenters. The van der Waals surface area contributed by atoms with E-state index in [0.29, 0.717) is 16.7 Å². The standard InChI is InChI=1S/C11H15Cl2NO/c1-3-14-11(7-15-2)9-6-8(12)4-5-10(9)13/h4-6,11,14H,3,7H2,1-2H3. The zero-order chi connectivity index (χ0) is 11.3. The number of nitrogens with one attached hydrogen (secondary N) is 1. The smallest absolute Gasteiger partial charge is 0.0658 e. The minimum atomic E-state index is 0.0891. The first-order chi connectivity index (χ1) is 7.19. The number of methoxy groups -OCH3 is 1. The maximum Gasteiger partial charge on any atom is 0.0658 e. The highest BCUT2D eigenvalue weighted by molar-refractivity contribution is 6.33. The highest BCUT2D eigenvalue weighted by Crippen LogP contribution is 2.26. The van der Waals surface area contributed by atoms with Gasteiger partial charge in [-0.05, 0) is 30.3 Å². The zero-order valence-electron chi connectivity index (χ0n) is 8.89. The monoisotopic (exact) mass is 247 g/mol. The summed E-state index contributed by atoms with van der Waals surface area (Å²) < 4.78 is 5.14. The van der Waals surface area contributed by atoms with Crippen LogP contribution in [0.3, 0.4) is 0 Å². The first-order valence-electron chi connectivity index (χ1n) is 4.86. The van der Waals surface area contributed by atoms with Crippen LogP contribution in [0.5, 0.6) is 0 Å². The van der Waals surface area contributed by atoms with Crippen molar-refractivity contribution < 1.29 is 4.74 Å². The molecule has 4 heteroatoms. The number of rotatable bonds is 5. The number of ether oxygens (including phenoxy) is 1. The Bertz CT molecular complexity index is 311. The number of likely N-dealkylation sites (N-methyl/N-ethyl adjacent to an activating group) is 1. The summed E-state index contributed by atoms with van der Waals surface area (Å²) in [6, 6.07) is 5.55. The molecular weight excluding hydrogens is 233 g/mol. The first kappa shape index (κ1) is 12.8. The molecule has 0 aromatic heterocycles. The minimum absolute atomic E-state index is 0.0891. The molecule has 0 saturated heterocycles. The van der Waals surface area contributed by atoms with Crippen LogP contribution in [0.15, 0.2) is 18.2 Å². The van der Waals surface area contributed by atoms with Gasteiger partial charge in [0.1, 0.15) is 0 Å². The van der Waals surface area contributed by atoms with E-state index in [1.54, 1.807) is 19.2 Å². The molecule has 0 aliphatic heterocycles. The number of halogens is 2. The zero-order valence-corrected chi connectivity index (χ0v) is 10.4. The molecule has 0 amide bonds. The molecule has 0 aliphatic carbocycles. The van der Waals surface area contributed by atoms with Gasteiger partial charge in [-0.1, -0.05) is 30.1 Å². The summed E-state index contributed by atoms with van der Waals surface area (Å²) in [5.74, 6) is 0. The number of benzene rings is 1. The Morgan fingerprint density at radius 1 is 1.40 bits per heavy atom. The van der Waals surface area contributed by atoms with Gasteiger partial charge in [0.05, 0.1) is 12.6 Å². The summed E-state index contributed by atoms with van der Waals surface area (Å²) in [4.78, 5) is 0. The van der Waals surface area contributed by atoms with Gasteiger partial charge in [0.15, 0.2) is 0 Å². The Hall–Kier alpha value is -0.280. The molecule has 15 heavy (non-hydrogen) atoms. The summed E-state index contributed by atoms with van der Waals surface area (Å²) in [5.41, 5.74) is 0.980. The Morgan fingerprint density at radius 3 is 2.73 bits per heavy atom. The van der Waals surface area contributed by atoms with E-state index in [0.717, 1.165) is 12.1 Å². The van der Waals surface area contributed by atoms with E-state index in [1.807, 2.05) is 13.0 Å². The van der Waals surface area contributed by atoms with Gasteiger partial charge in [-0.25, -0.2) is 0 Å². The average Bonchev–Trinajstić information content (AvgIpc) is 2.21. The molecule has 0 aliphatic rings. The van der Waals surface area contributed by atoms with Crippen LogP contribution in [0, 0.1) is 0 Å². The van der Waals surface area contributed by atoms with E-state index < -0.39 is 0 Å². The minimum Gasteiger partial charge on any atom is -0.383 e. The second-order valence-corrected chi connectivity index (χ2v) is 4.08. The highest BCUT2D eigenvalue weighted by atomic mass is 35.5. The molecule has 1 aromatic rings. The fourth-order valence-electron chi connectivity index (χ4n) is 1.45. The highest BCUT2D eigenvalue weighted by Gasteiger charge is 2.13. The molecular formula is C11H15Cl2NO. The Labute approximate surface area is 101 Å². The van der Waals surface area contributed by atoms with E-state index in [1.165, 1.54) is 0 Å². The lowest BCUT2D eigenvalue weighted by Crippen LogP contribution is -2.25. The second-order valence-electron chi connectivity index (χ2n) is 3.23. The second kappa shape index (κ2) is 6.33.